The summed E-state index contributed by atoms with van der Waals surface area (Å²) in [4.78, 5) is 0. The summed E-state index contributed by atoms with van der Waals surface area (Å²) in [5.41, 5.74) is 17.4. The Kier molecular flexibility index (Phi) is 20.6. The summed E-state index contributed by atoms with van der Waals surface area (Å²) >= 11 is 0. The summed E-state index contributed by atoms with van der Waals surface area (Å²) in [7, 11) is -3.25. The maximum atomic E-state index is 2.62. The van der Waals surface area contributed by atoms with E-state index in [1.165, 1.54) is 93.1 Å². The van der Waals surface area contributed by atoms with Crippen molar-refractivity contribution in [2.75, 3.05) is 0 Å². The summed E-state index contributed by atoms with van der Waals surface area (Å²) in [5, 5.41) is 5.74. The average Bonchev–Trinajstić information content (AvgIpc) is 3.88. The van der Waals surface area contributed by atoms with Crippen molar-refractivity contribution in [3.8, 4) is 0 Å². The molecule has 5 heteroatoms. The van der Waals surface area contributed by atoms with E-state index in [0.29, 0.717) is 0 Å². The molecule has 0 amide bonds. The molecule has 0 heterocycles. The Labute approximate surface area is 475 Å². The smallest absolute Gasteiger partial charge is 1.00 e. The summed E-state index contributed by atoms with van der Waals surface area (Å²) in [6.07, 6.45) is 5.14. The molecule has 10 rings (SSSR count). The minimum atomic E-state index is -3.25. The molecule has 0 nitrogen and oxygen atoms in total. The van der Waals surface area contributed by atoms with Gasteiger partial charge < -0.3 is 37.2 Å². The van der Waals surface area contributed by atoms with E-state index in [9.17, 15) is 0 Å². The van der Waals surface area contributed by atoms with Crippen LogP contribution in [0.15, 0.2) is 255 Å². The summed E-state index contributed by atoms with van der Waals surface area (Å²) < 4.78 is 0. The Morgan fingerprint density at radius 2 is 0.514 bits per heavy atom. The zero-order chi connectivity index (χ0) is 47.8. The molecule has 0 bridgehead atoms. The third kappa shape index (κ3) is 14.1. The first-order chi connectivity index (χ1) is 34.2. The molecule has 0 unspecified atom stereocenters. The van der Waals surface area contributed by atoms with Gasteiger partial charge in [0, 0.05) is 0 Å². The van der Waals surface area contributed by atoms with E-state index in [-0.39, 0.29) is 64.4 Å². The zero-order valence-electron chi connectivity index (χ0n) is 42.6. The van der Waals surface area contributed by atoms with E-state index >= 15 is 0 Å². The van der Waals surface area contributed by atoms with E-state index in [1.54, 1.807) is 0 Å². The van der Waals surface area contributed by atoms with Crippen molar-refractivity contribution in [3.05, 3.63) is 327 Å². The molecule has 10 aromatic carbocycles. The van der Waals surface area contributed by atoms with E-state index in [0.717, 1.165) is 38.5 Å². The monoisotopic (exact) mass is 1070 g/mol. The molecule has 10 aromatic rings. The van der Waals surface area contributed by atoms with E-state index in [4.69, 9.17) is 0 Å². The Balaban J connectivity index is 0.00000223. The predicted molar refractivity (Wildman–Crippen MR) is 300 cm³/mol. The molecule has 0 aliphatic rings. The largest absolute Gasteiger partial charge is 4.00 e. The van der Waals surface area contributed by atoms with Gasteiger partial charge in [0.05, 0.1) is 0 Å². The van der Waals surface area contributed by atoms with Gasteiger partial charge in [0.15, 0.2) is 0 Å². The second-order valence-corrected chi connectivity index (χ2v) is 24.3. The molecule has 0 N–H and O–H groups in total. The first-order valence-electron chi connectivity index (χ1n) is 25.1. The minimum absolute atomic E-state index is 0. The summed E-state index contributed by atoms with van der Waals surface area (Å²) in [6.45, 7) is 7.10. The molecular formula is C69H63Cl3SiTi. The molecule has 0 fully saturated rings. The van der Waals surface area contributed by atoms with Gasteiger partial charge in [0.1, 0.15) is 8.07 Å². The van der Waals surface area contributed by atoms with Gasteiger partial charge in [-0.3, -0.25) is 0 Å². The van der Waals surface area contributed by atoms with E-state index < -0.39 is 8.07 Å². The van der Waals surface area contributed by atoms with Gasteiger partial charge in [-0.15, -0.1) is 5.19 Å². The van der Waals surface area contributed by atoms with Crippen LogP contribution in [0, 0.1) is 0 Å². The van der Waals surface area contributed by atoms with Gasteiger partial charge in [-0.05, 0) is 105 Å². The van der Waals surface area contributed by atoms with Crippen LogP contribution in [-0.4, -0.2) is 8.07 Å². The van der Waals surface area contributed by atoms with Crippen molar-refractivity contribution in [2.24, 2.45) is 0 Å². The third-order valence-corrected chi connectivity index (χ3v) is 18.7. The average molecular weight is 1070 g/mol. The first-order valence-corrected chi connectivity index (χ1v) is 27.1. The molecule has 0 saturated heterocycles. The van der Waals surface area contributed by atoms with Crippen LogP contribution in [0.1, 0.15) is 93.1 Å². The first kappa shape index (κ1) is 57.4. The standard InChI is InChI=1S/C69H63Si.3ClH.Ti/c1-69(2,3)64-34-35-65(51-64)70(66-45-58(36-52-22-10-4-11-23-52)42-59(46-66)37-53-24-12-5-13-25-53,67-47-60(38-54-26-14-6-15-27-54)43-61(48-67)39-55-28-16-7-17-29-55)68-49-62(40-56-30-18-8-19-31-56)44-63(50-68)41-57-32-20-9-21-33-57;;;;/h4-35,42-51H,36-41H2,1-3H3;3*1H;/q-1;;;;+4/p-3. The van der Waals surface area contributed by atoms with Crippen molar-refractivity contribution in [1.29, 1.82) is 0 Å². The molecule has 0 aliphatic heterocycles. The fourth-order valence-electron chi connectivity index (χ4n) is 10.7. The van der Waals surface area contributed by atoms with Crippen LogP contribution in [0.3, 0.4) is 0 Å². The van der Waals surface area contributed by atoms with Crippen LogP contribution < -0.4 is 58.0 Å². The van der Waals surface area contributed by atoms with Crippen LogP contribution in [0.25, 0.3) is 0 Å². The summed E-state index contributed by atoms with van der Waals surface area (Å²) in [5.74, 6) is 0. The van der Waals surface area contributed by atoms with Crippen LogP contribution in [0.2, 0.25) is 0 Å². The van der Waals surface area contributed by atoms with Gasteiger partial charge in [-0.1, -0.05) is 278 Å². The number of benzene rings is 9. The molecule has 0 radical (unpaired) electrons. The Hall–Kier alpha value is -5.87. The topological polar surface area (TPSA) is 0 Å². The molecule has 368 valence electrons. The van der Waals surface area contributed by atoms with Gasteiger partial charge in [0.2, 0.25) is 0 Å². The second kappa shape index (κ2) is 26.6. The Morgan fingerprint density at radius 3 is 0.703 bits per heavy atom. The number of halogens is 3. The van der Waals surface area contributed by atoms with Crippen molar-refractivity contribution in [3.63, 3.8) is 0 Å². The second-order valence-electron chi connectivity index (χ2n) is 20.5. The predicted octanol–water partition coefficient (Wildman–Crippen LogP) is 4.63. The van der Waals surface area contributed by atoms with Crippen molar-refractivity contribution < 1.29 is 58.9 Å². The van der Waals surface area contributed by atoms with Gasteiger partial charge in [-0.2, -0.15) is 17.7 Å². The normalized spacial score (nSPS) is 11.1. The van der Waals surface area contributed by atoms with Gasteiger partial charge in [-0.25, -0.2) is 6.07 Å². The molecule has 0 saturated carbocycles. The Bertz CT molecular complexity index is 2790. The Morgan fingerprint density at radius 1 is 0.297 bits per heavy atom. The maximum absolute atomic E-state index is 3.25. The fourth-order valence-corrected chi connectivity index (χ4v) is 15.8. The van der Waals surface area contributed by atoms with Gasteiger partial charge >= 0.3 is 21.7 Å². The number of rotatable bonds is 16. The minimum Gasteiger partial charge on any atom is -1.00 e. The molecule has 0 aliphatic carbocycles. The van der Waals surface area contributed by atoms with Crippen molar-refractivity contribution >= 4 is 28.8 Å². The van der Waals surface area contributed by atoms with E-state index in [2.05, 4.69) is 276 Å². The summed E-state index contributed by atoms with van der Waals surface area (Å²) in [6, 6.07) is 97.2. The van der Waals surface area contributed by atoms with Crippen LogP contribution in [0.4, 0.5) is 0 Å². The molecule has 0 atom stereocenters. The fraction of sp³-hybridized carbons (Fsp3) is 0.145. The number of hydrogen-bond donors (Lipinski definition) is 0. The quantitative estimate of drug-likeness (QED) is 0.0754. The third-order valence-electron chi connectivity index (χ3n) is 14.0. The van der Waals surface area contributed by atoms with Crippen LogP contribution in [0.5, 0.6) is 0 Å². The molecule has 74 heavy (non-hydrogen) atoms. The molecular weight excluding hydrogens is 1010 g/mol. The molecule has 0 aromatic heterocycles. The SMILES string of the molecule is CC(C)(C)c1cc[c-]([Si](c2cc(Cc3ccccc3)cc(Cc3ccccc3)c2)(c2cc(Cc3ccccc3)cc(Cc3ccccc3)c2)c2cc(Cc3ccccc3)cc(Cc3ccccc3)c2)c1.[Cl-].[Cl-].[Cl-].[Ti+4]. The molecule has 0 spiro atoms. The van der Waals surface area contributed by atoms with E-state index in [1.807, 2.05) is 0 Å². The van der Waals surface area contributed by atoms with Crippen molar-refractivity contribution in [1.82, 2.24) is 0 Å². The van der Waals surface area contributed by atoms with Crippen molar-refractivity contribution in [2.45, 2.75) is 64.7 Å². The van der Waals surface area contributed by atoms with Crippen LogP contribution >= 0.6 is 0 Å². The van der Waals surface area contributed by atoms with Crippen LogP contribution in [-0.2, 0) is 65.7 Å². The maximum Gasteiger partial charge on any atom is 4.00 e. The van der Waals surface area contributed by atoms with Gasteiger partial charge in [0.25, 0.3) is 0 Å². The zero-order valence-corrected chi connectivity index (χ0v) is 47.5. The number of hydrogen-bond acceptors (Lipinski definition) is 0.